The zero-order chi connectivity index (χ0) is 16.3. The van der Waals surface area contributed by atoms with Gasteiger partial charge < -0.3 is 10.1 Å². The summed E-state index contributed by atoms with van der Waals surface area (Å²) in [5.41, 5.74) is 2.11. The molecule has 0 aliphatic carbocycles. The molecule has 22 heavy (non-hydrogen) atoms. The van der Waals surface area contributed by atoms with Gasteiger partial charge in [-0.25, -0.2) is 0 Å². The second kappa shape index (κ2) is 6.94. The van der Waals surface area contributed by atoms with Crippen molar-refractivity contribution in [1.82, 2.24) is 9.97 Å². The van der Waals surface area contributed by atoms with Crippen LogP contribution in [0.1, 0.15) is 28.7 Å². The van der Waals surface area contributed by atoms with Crippen molar-refractivity contribution in [3.63, 3.8) is 0 Å². The number of nitrogens with one attached hydrogen (secondary N) is 1. The largest absolute Gasteiger partial charge is 0.464 e. The standard InChI is InChI=1S/C15H15Cl2N3O2/c1-4-22-15-18-8(2)13(9(3)19-15)20-14(21)11-6-5-10(16)7-12(11)17/h5-7H,4H2,1-3H3,(H,20,21). The molecule has 1 amide bonds. The summed E-state index contributed by atoms with van der Waals surface area (Å²) >= 11 is 11.9. The predicted octanol–water partition coefficient (Wildman–Crippen LogP) is 4.05. The first-order valence-electron chi connectivity index (χ1n) is 6.66. The van der Waals surface area contributed by atoms with Gasteiger partial charge >= 0.3 is 6.01 Å². The molecule has 0 saturated carbocycles. The zero-order valence-corrected chi connectivity index (χ0v) is 13.9. The topological polar surface area (TPSA) is 64.1 Å². The molecule has 1 heterocycles. The Morgan fingerprint density at radius 1 is 1.23 bits per heavy atom. The molecule has 5 nitrogen and oxygen atoms in total. The summed E-state index contributed by atoms with van der Waals surface area (Å²) in [7, 11) is 0. The monoisotopic (exact) mass is 339 g/mol. The Kier molecular flexibility index (Phi) is 5.21. The van der Waals surface area contributed by atoms with Gasteiger partial charge in [-0.15, -0.1) is 0 Å². The van der Waals surface area contributed by atoms with Crippen molar-refractivity contribution in [3.05, 3.63) is 45.2 Å². The summed E-state index contributed by atoms with van der Waals surface area (Å²) in [6, 6.07) is 4.99. The highest BCUT2D eigenvalue weighted by atomic mass is 35.5. The Hall–Kier alpha value is -1.85. The van der Waals surface area contributed by atoms with Crippen molar-refractivity contribution < 1.29 is 9.53 Å². The van der Waals surface area contributed by atoms with Crippen molar-refractivity contribution in [1.29, 1.82) is 0 Å². The molecule has 0 bridgehead atoms. The van der Waals surface area contributed by atoms with Crippen LogP contribution < -0.4 is 10.1 Å². The van der Waals surface area contributed by atoms with Gasteiger partial charge in [0.25, 0.3) is 5.91 Å². The lowest BCUT2D eigenvalue weighted by Gasteiger charge is -2.12. The van der Waals surface area contributed by atoms with Crippen LogP contribution >= 0.6 is 23.2 Å². The molecule has 2 rings (SSSR count). The highest BCUT2D eigenvalue weighted by Crippen LogP contribution is 2.24. The Labute approximate surface area is 138 Å². The number of benzene rings is 1. The average molecular weight is 340 g/mol. The van der Waals surface area contributed by atoms with Gasteiger partial charge in [-0.05, 0) is 39.0 Å². The van der Waals surface area contributed by atoms with E-state index in [1.54, 1.807) is 26.0 Å². The van der Waals surface area contributed by atoms with Gasteiger partial charge in [0, 0.05) is 5.02 Å². The maximum absolute atomic E-state index is 12.3. The number of carbonyl (C=O) groups is 1. The van der Waals surface area contributed by atoms with Crippen LogP contribution in [0.15, 0.2) is 18.2 Å². The molecular formula is C15H15Cl2N3O2. The molecule has 0 atom stereocenters. The van der Waals surface area contributed by atoms with Crippen molar-refractivity contribution in [2.24, 2.45) is 0 Å². The molecule has 0 spiro atoms. The third-order valence-corrected chi connectivity index (χ3v) is 3.49. The van der Waals surface area contributed by atoms with Gasteiger partial charge in [-0.1, -0.05) is 23.2 Å². The number of rotatable bonds is 4. The molecular weight excluding hydrogens is 325 g/mol. The van der Waals surface area contributed by atoms with Crippen molar-refractivity contribution in [2.45, 2.75) is 20.8 Å². The van der Waals surface area contributed by atoms with Crippen LogP contribution in [0, 0.1) is 13.8 Å². The maximum Gasteiger partial charge on any atom is 0.316 e. The number of hydrogen-bond donors (Lipinski definition) is 1. The molecule has 0 radical (unpaired) electrons. The van der Waals surface area contributed by atoms with Crippen molar-refractivity contribution in [2.75, 3.05) is 11.9 Å². The van der Waals surface area contributed by atoms with Crippen LogP contribution in [0.5, 0.6) is 6.01 Å². The van der Waals surface area contributed by atoms with E-state index in [0.29, 0.717) is 40.3 Å². The van der Waals surface area contributed by atoms with E-state index in [1.165, 1.54) is 6.07 Å². The first-order chi connectivity index (χ1) is 10.4. The third kappa shape index (κ3) is 3.67. The van der Waals surface area contributed by atoms with Crippen LogP contribution in [-0.2, 0) is 0 Å². The van der Waals surface area contributed by atoms with Gasteiger partial charge in [0.1, 0.15) is 0 Å². The summed E-state index contributed by atoms with van der Waals surface area (Å²) in [5.74, 6) is -0.347. The fourth-order valence-corrected chi connectivity index (χ4v) is 2.41. The number of ether oxygens (including phenoxy) is 1. The van der Waals surface area contributed by atoms with E-state index >= 15 is 0 Å². The first-order valence-corrected chi connectivity index (χ1v) is 7.42. The number of anilines is 1. The van der Waals surface area contributed by atoms with E-state index in [4.69, 9.17) is 27.9 Å². The number of hydrogen-bond acceptors (Lipinski definition) is 4. The summed E-state index contributed by atoms with van der Waals surface area (Å²) in [5, 5.41) is 3.53. The normalized spacial score (nSPS) is 10.4. The molecule has 0 aliphatic rings. The van der Waals surface area contributed by atoms with Gasteiger partial charge in [-0.3, -0.25) is 4.79 Å². The van der Waals surface area contributed by atoms with E-state index in [-0.39, 0.29) is 10.9 Å². The number of amides is 1. The van der Waals surface area contributed by atoms with Crippen LogP contribution in [0.2, 0.25) is 10.0 Å². The first kappa shape index (κ1) is 16.5. The summed E-state index contributed by atoms with van der Waals surface area (Å²) in [6.45, 7) is 5.88. The maximum atomic E-state index is 12.3. The van der Waals surface area contributed by atoms with E-state index in [1.807, 2.05) is 6.92 Å². The van der Waals surface area contributed by atoms with E-state index in [0.717, 1.165) is 0 Å². The lowest BCUT2D eigenvalue weighted by Crippen LogP contribution is -2.16. The van der Waals surface area contributed by atoms with Crippen LogP contribution in [0.3, 0.4) is 0 Å². The lowest BCUT2D eigenvalue weighted by molar-refractivity contribution is 0.102. The van der Waals surface area contributed by atoms with E-state index in [2.05, 4.69) is 15.3 Å². The highest BCUT2D eigenvalue weighted by Gasteiger charge is 2.15. The average Bonchev–Trinajstić information content (AvgIpc) is 2.43. The predicted molar refractivity (Wildman–Crippen MR) is 87.1 cm³/mol. The van der Waals surface area contributed by atoms with E-state index < -0.39 is 0 Å². The van der Waals surface area contributed by atoms with Gasteiger partial charge in [0.2, 0.25) is 0 Å². The minimum atomic E-state index is -0.347. The Morgan fingerprint density at radius 2 is 1.86 bits per heavy atom. The minimum Gasteiger partial charge on any atom is -0.464 e. The van der Waals surface area contributed by atoms with E-state index in [9.17, 15) is 4.79 Å². The molecule has 7 heteroatoms. The highest BCUT2D eigenvalue weighted by molar-refractivity contribution is 6.37. The summed E-state index contributed by atoms with van der Waals surface area (Å²) in [4.78, 5) is 20.7. The number of aromatic nitrogens is 2. The Bertz CT molecular complexity index is 697. The van der Waals surface area contributed by atoms with Crippen LogP contribution in [0.4, 0.5) is 5.69 Å². The van der Waals surface area contributed by atoms with Gasteiger partial charge in [0.15, 0.2) is 0 Å². The lowest BCUT2D eigenvalue weighted by atomic mass is 10.2. The number of halogens is 2. The molecule has 2 aromatic rings. The SMILES string of the molecule is CCOc1nc(C)c(NC(=O)c2ccc(Cl)cc2Cl)c(C)n1. The second-order valence-electron chi connectivity index (χ2n) is 4.56. The Morgan fingerprint density at radius 3 is 2.41 bits per heavy atom. The number of carbonyl (C=O) groups excluding carboxylic acids is 1. The molecule has 1 aromatic carbocycles. The fourth-order valence-electron chi connectivity index (χ4n) is 1.91. The Balaban J connectivity index is 2.28. The minimum absolute atomic E-state index is 0.284. The molecule has 0 aliphatic heterocycles. The van der Waals surface area contributed by atoms with Gasteiger partial charge in [-0.2, -0.15) is 9.97 Å². The zero-order valence-electron chi connectivity index (χ0n) is 12.4. The van der Waals surface area contributed by atoms with Crippen molar-refractivity contribution >= 4 is 34.8 Å². The van der Waals surface area contributed by atoms with Crippen molar-refractivity contribution in [3.8, 4) is 6.01 Å². The molecule has 116 valence electrons. The number of nitrogens with zero attached hydrogens (tertiary/aromatic N) is 2. The molecule has 0 saturated heterocycles. The number of aryl methyl sites for hydroxylation is 2. The fraction of sp³-hybridized carbons (Fsp3) is 0.267. The van der Waals surface area contributed by atoms with Crippen LogP contribution in [0.25, 0.3) is 0 Å². The third-order valence-electron chi connectivity index (χ3n) is 2.94. The molecule has 0 fully saturated rings. The molecule has 1 aromatic heterocycles. The van der Waals surface area contributed by atoms with Gasteiger partial charge in [0.05, 0.1) is 34.3 Å². The smallest absolute Gasteiger partial charge is 0.316 e. The molecule has 0 unspecified atom stereocenters. The second-order valence-corrected chi connectivity index (χ2v) is 5.41. The summed E-state index contributed by atoms with van der Waals surface area (Å²) < 4.78 is 5.27. The molecule has 1 N–H and O–H groups in total. The summed E-state index contributed by atoms with van der Waals surface area (Å²) in [6.07, 6.45) is 0. The quantitative estimate of drug-likeness (QED) is 0.912. The van der Waals surface area contributed by atoms with Crippen LogP contribution in [-0.4, -0.2) is 22.5 Å².